The van der Waals surface area contributed by atoms with Gasteiger partial charge in [-0.25, -0.2) is 4.98 Å². The number of nitrogens with one attached hydrogen (secondary N) is 2. The highest BCUT2D eigenvalue weighted by molar-refractivity contribution is 5.88. The summed E-state index contributed by atoms with van der Waals surface area (Å²) >= 11 is 0. The SMILES string of the molecule is CNC(=O)[C@H](CC(C)C)NC(=O)Cc1nc(-c2ccccc2)n2c1CN(C)CC2. The van der Waals surface area contributed by atoms with Crippen molar-refractivity contribution in [1.82, 2.24) is 25.1 Å². The molecule has 156 valence electrons. The number of fused-ring (bicyclic) bond motifs is 1. The Morgan fingerprint density at radius 2 is 1.90 bits per heavy atom. The van der Waals surface area contributed by atoms with Gasteiger partial charge in [0.2, 0.25) is 11.8 Å². The van der Waals surface area contributed by atoms with Gasteiger partial charge in [0, 0.05) is 32.2 Å². The molecule has 0 saturated heterocycles. The maximum absolute atomic E-state index is 12.8. The zero-order valence-electron chi connectivity index (χ0n) is 17.7. The second-order valence-corrected chi connectivity index (χ2v) is 8.12. The summed E-state index contributed by atoms with van der Waals surface area (Å²) in [5, 5.41) is 5.54. The van der Waals surface area contributed by atoms with Crippen LogP contribution in [-0.4, -0.2) is 52.9 Å². The number of hydrogen-bond acceptors (Lipinski definition) is 4. The minimum Gasteiger partial charge on any atom is -0.357 e. The summed E-state index contributed by atoms with van der Waals surface area (Å²) in [6.07, 6.45) is 0.770. The number of aromatic nitrogens is 2. The predicted octanol–water partition coefficient (Wildman–Crippen LogP) is 1.81. The van der Waals surface area contributed by atoms with Gasteiger partial charge in [-0.15, -0.1) is 0 Å². The molecule has 2 amide bonds. The zero-order chi connectivity index (χ0) is 21.0. The maximum atomic E-state index is 12.8. The van der Waals surface area contributed by atoms with Crippen molar-refractivity contribution in [2.75, 3.05) is 20.6 Å². The zero-order valence-corrected chi connectivity index (χ0v) is 17.7. The van der Waals surface area contributed by atoms with Crippen molar-refractivity contribution >= 4 is 11.8 Å². The van der Waals surface area contributed by atoms with Crippen LogP contribution in [0, 0.1) is 5.92 Å². The second-order valence-electron chi connectivity index (χ2n) is 8.12. The molecule has 1 atom stereocenters. The molecule has 0 unspecified atom stereocenters. The van der Waals surface area contributed by atoms with Gasteiger partial charge in [-0.2, -0.15) is 0 Å². The molecular formula is C22H31N5O2. The smallest absolute Gasteiger partial charge is 0.242 e. The van der Waals surface area contributed by atoms with Crippen molar-refractivity contribution in [2.45, 2.75) is 45.8 Å². The highest BCUT2D eigenvalue weighted by Gasteiger charge is 2.26. The van der Waals surface area contributed by atoms with Gasteiger partial charge in [0.15, 0.2) is 0 Å². The molecule has 2 heterocycles. The third kappa shape index (κ3) is 5.03. The van der Waals surface area contributed by atoms with Gasteiger partial charge in [-0.1, -0.05) is 44.2 Å². The number of carbonyl (C=O) groups excluding carboxylic acids is 2. The molecule has 2 N–H and O–H groups in total. The van der Waals surface area contributed by atoms with Crippen molar-refractivity contribution in [3.8, 4) is 11.4 Å². The van der Waals surface area contributed by atoms with Gasteiger partial charge in [-0.3, -0.25) is 14.5 Å². The number of nitrogens with zero attached hydrogens (tertiary/aromatic N) is 3. The molecule has 7 heteroatoms. The van der Waals surface area contributed by atoms with E-state index in [0.29, 0.717) is 12.3 Å². The van der Waals surface area contributed by atoms with Gasteiger partial charge in [0.25, 0.3) is 0 Å². The average molecular weight is 398 g/mol. The second kappa shape index (κ2) is 9.22. The van der Waals surface area contributed by atoms with Crippen LogP contribution in [0.25, 0.3) is 11.4 Å². The molecule has 2 aromatic rings. The van der Waals surface area contributed by atoms with E-state index in [1.54, 1.807) is 7.05 Å². The Bertz CT molecular complexity index is 860. The summed E-state index contributed by atoms with van der Waals surface area (Å²) in [6, 6.07) is 9.54. The fourth-order valence-electron chi connectivity index (χ4n) is 3.78. The lowest BCUT2D eigenvalue weighted by atomic mass is 10.0. The third-order valence-electron chi connectivity index (χ3n) is 5.25. The third-order valence-corrected chi connectivity index (χ3v) is 5.25. The Balaban J connectivity index is 1.84. The normalized spacial score (nSPS) is 15.1. The van der Waals surface area contributed by atoms with Gasteiger partial charge >= 0.3 is 0 Å². The van der Waals surface area contributed by atoms with E-state index in [4.69, 9.17) is 4.98 Å². The summed E-state index contributed by atoms with van der Waals surface area (Å²) in [5.41, 5.74) is 2.91. The summed E-state index contributed by atoms with van der Waals surface area (Å²) in [7, 11) is 3.67. The van der Waals surface area contributed by atoms with Gasteiger partial charge in [-0.05, 0) is 19.4 Å². The van der Waals surface area contributed by atoms with Gasteiger partial charge < -0.3 is 15.2 Å². The minimum absolute atomic E-state index is 0.163. The van der Waals surface area contributed by atoms with Crippen LogP contribution in [0.2, 0.25) is 0 Å². The first-order chi connectivity index (χ1) is 13.9. The van der Waals surface area contributed by atoms with Crippen molar-refractivity contribution in [1.29, 1.82) is 0 Å². The van der Waals surface area contributed by atoms with E-state index in [9.17, 15) is 9.59 Å². The van der Waals surface area contributed by atoms with Crippen molar-refractivity contribution < 1.29 is 9.59 Å². The Kier molecular flexibility index (Phi) is 6.69. The molecule has 0 bridgehead atoms. The Hall–Kier alpha value is -2.67. The van der Waals surface area contributed by atoms with Crippen LogP contribution >= 0.6 is 0 Å². The Morgan fingerprint density at radius 1 is 1.17 bits per heavy atom. The van der Waals surface area contributed by atoms with E-state index in [0.717, 1.165) is 42.4 Å². The molecule has 29 heavy (non-hydrogen) atoms. The van der Waals surface area contributed by atoms with E-state index in [2.05, 4.69) is 27.1 Å². The van der Waals surface area contributed by atoms with Crippen LogP contribution in [0.1, 0.15) is 31.7 Å². The Labute approximate surface area is 172 Å². The van der Waals surface area contributed by atoms with Gasteiger partial charge in [0.1, 0.15) is 11.9 Å². The first-order valence-corrected chi connectivity index (χ1v) is 10.2. The molecule has 1 aromatic carbocycles. The molecule has 0 fully saturated rings. The van der Waals surface area contributed by atoms with E-state index in [-0.39, 0.29) is 18.2 Å². The van der Waals surface area contributed by atoms with Crippen molar-refractivity contribution in [3.05, 3.63) is 41.7 Å². The maximum Gasteiger partial charge on any atom is 0.242 e. The number of carbonyl (C=O) groups is 2. The molecule has 0 saturated carbocycles. The van der Waals surface area contributed by atoms with E-state index in [1.165, 1.54) is 0 Å². The predicted molar refractivity (Wildman–Crippen MR) is 113 cm³/mol. The Morgan fingerprint density at radius 3 is 2.55 bits per heavy atom. The fraction of sp³-hybridized carbons (Fsp3) is 0.500. The standard InChI is InChI=1S/C22H31N5O2/c1-15(2)12-18(22(29)23-3)24-20(28)13-17-19-14-26(4)10-11-27(19)21(25-17)16-8-6-5-7-9-16/h5-9,15,18H,10-14H2,1-4H3,(H,23,29)(H,24,28)/t18-/m0/s1. The number of amides is 2. The molecule has 3 rings (SSSR count). The number of rotatable bonds is 7. The average Bonchev–Trinajstić information content (AvgIpc) is 3.04. The van der Waals surface area contributed by atoms with Crippen molar-refractivity contribution in [2.24, 2.45) is 5.92 Å². The minimum atomic E-state index is -0.526. The molecule has 7 nitrogen and oxygen atoms in total. The molecule has 1 aromatic heterocycles. The summed E-state index contributed by atoms with van der Waals surface area (Å²) in [5.74, 6) is 0.870. The van der Waals surface area contributed by atoms with Crippen molar-refractivity contribution in [3.63, 3.8) is 0 Å². The topological polar surface area (TPSA) is 79.3 Å². The lowest BCUT2D eigenvalue weighted by Crippen LogP contribution is -2.47. The highest BCUT2D eigenvalue weighted by atomic mass is 16.2. The number of likely N-dealkylation sites (N-methyl/N-ethyl adjacent to an activating group) is 2. The molecule has 0 aliphatic carbocycles. The first-order valence-electron chi connectivity index (χ1n) is 10.2. The van der Waals surface area contributed by atoms with Crippen LogP contribution in [0.5, 0.6) is 0 Å². The summed E-state index contributed by atoms with van der Waals surface area (Å²) in [4.78, 5) is 32.0. The lowest BCUT2D eigenvalue weighted by molar-refractivity contribution is -0.128. The van der Waals surface area contributed by atoms with E-state index >= 15 is 0 Å². The summed E-state index contributed by atoms with van der Waals surface area (Å²) in [6.45, 7) is 6.62. The van der Waals surface area contributed by atoms with Crippen LogP contribution in [0.3, 0.4) is 0 Å². The van der Waals surface area contributed by atoms with Crippen LogP contribution < -0.4 is 10.6 Å². The van der Waals surface area contributed by atoms with E-state index in [1.807, 2.05) is 44.2 Å². The van der Waals surface area contributed by atoms with Crippen LogP contribution in [0.15, 0.2) is 30.3 Å². The van der Waals surface area contributed by atoms with E-state index < -0.39 is 6.04 Å². The number of hydrogen-bond donors (Lipinski definition) is 2. The molecule has 0 spiro atoms. The van der Waals surface area contributed by atoms with Gasteiger partial charge in [0.05, 0.1) is 17.8 Å². The monoisotopic (exact) mass is 397 g/mol. The molecular weight excluding hydrogens is 366 g/mol. The quantitative estimate of drug-likeness (QED) is 0.747. The number of imidazole rings is 1. The molecule has 1 aliphatic heterocycles. The van der Waals surface area contributed by atoms with Crippen LogP contribution in [-0.2, 0) is 29.1 Å². The summed E-state index contributed by atoms with van der Waals surface area (Å²) < 4.78 is 2.22. The molecule has 1 aliphatic rings. The highest BCUT2D eigenvalue weighted by Crippen LogP contribution is 2.26. The molecule has 0 radical (unpaired) electrons. The fourth-order valence-corrected chi connectivity index (χ4v) is 3.78. The largest absolute Gasteiger partial charge is 0.357 e. The first kappa shape index (κ1) is 21.0. The lowest BCUT2D eigenvalue weighted by Gasteiger charge is -2.26. The van der Waals surface area contributed by atoms with Crippen LogP contribution in [0.4, 0.5) is 0 Å². The number of benzene rings is 1.